The highest BCUT2D eigenvalue weighted by Gasteiger charge is 2.29. The van der Waals surface area contributed by atoms with Crippen LogP contribution in [-0.4, -0.2) is 33.8 Å². The van der Waals surface area contributed by atoms with Crippen molar-refractivity contribution in [1.29, 1.82) is 0 Å². The third-order valence-electron chi connectivity index (χ3n) is 5.84. The van der Waals surface area contributed by atoms with Gasteiger partial charge in [-0.25, -0.2) is 4.98 Å². The lowest BCUT2D eigenvalue weighted by Gasteiger charge is -2.36. The van der Waals surface area contributed by atoms with E-state index < -0.39 is 0 Å². The van der Waals surface area contributed by atoms with Crippen LogP contribution in [0.2, 0.25) is 0 Å². The van der Waals surface area contributed by atoms with E-state index in [1.165, 1.54) is 24.0 Å². The van der Waals surface area contributed by atoms with Crippen molar-refractivity contribution in [2.75, 3.05) is 16.8 Å². The Morgan fingerprint density at radius 1 is 1.19 bits per heavy atom. The molecule has 1 aliphatic carbocycles. The van der Waals surface area contributed by atoms with Crippen LogP contribution in [0, 0.1) is 5.92 Å². The summed E-state index contributed by atoms with van der Waals surface area (Å²) in [6, 6.07) is 11.2. The Kier molecular flexibility index (Phi) is 5.04. The molecule has 1 aromatic carbocycles. The van der Waals surface area contributed by atoms with Crippen molar-refractivity contribution in [2.45, 2.75) is 64.6 Å². The lowest BCUT2D eigenvalue weighted by molar-refractivity contribution is 0.248. The Morgan fingerprint density at radius 2 is 1.93 bits per heavy atom. The summed E-state index contributed by atoms with van der Waals surface area (Å²) in [5, 5.41) is 13.1. The normalized spacial score (nSPS) is 20.5. The van der Waals surface area contributed by atoms with Crippen LogP contribution in [0.3, 0.4) is 0 Å². The number of fused-ring (bicyclic) bond motifs is 1. The molecule has 27 heavy (non-hydrogen) atoms. The van der Waals surface area contributed by atoms with Gasteiger partial charge in [-0.05, 0) is 43.2 Å². The first-order valence-electron chi connectivity index (χ1n) is 10.1. The summed E-state index contributed by atoms with van der Waals surface area (Å²) in [7, 11) is 0. The Balaban J connectivity index is 1.65. The summed E-state index contributed by atoms with van der Waals surface area (Å²) in [6.45, 7) is 7.43. The Hall–Kier alpha value is -2.14. The van der Waals surface area contributed by atoms with Crippen LogP contribution in [0.4, 0.5) is 11.8 Å². The van der Waals surface area contributed by atoms with E-state index in [0.29, 0.717) is 23.8 Å². The maximum atomic E-state index is 9.69. The highest BCUT2D eigenvalue weighted by Crippen LogP contribution is 2.41. The second kappa shape index (κ2) is 7.47. The van der Waals surface area contributed by atoms with Gasteiger partial charge in [0, 0.05) is 24.6 Å². The summed E-state index contributed by atoms with van der Waals surface area (Å²) >= 11 is 0. The van der Waals surface area contributed by atoms with Crippen LogP contribution in [0.5, 0.6) is 0 Å². The molecule has 5 heteroatoms. The van der Waals surface area contributed by atoms with E-state index in [0.717, 1.165) is 24.5 Å². The molecule has 144 valence electrons. The Morgan fingerprint density at radius 3 is 2.59 bits per heavy atom. The summed E-state index contributed by atoms with van der Waals surface area (Å²) in [6.07, 6.45) is 3.46. The first-order valence-corrected chi connectivity index (χ1v) is 10.1. The molecule has 0 saturated heterocycles. The van der Waals surface area contributed by atoms with E-state index in [1.807, 2.05) is 0 Å². The molecule has 1 aliphatic heterocycles. The number of nitrogens with zero attached hydrogens (tertiary/aromatic N) is 3. The number of rotatable bonds is 6. The molecule has 2 aromatic rings. The zero-order valence-corrected chi connectivity index (χ0v) is 16.5. The van der Waals surface area contributed by atoms with Crippen molar-refractivity contribution in [3.05, 3.63) is 47.2 Å². The molecule has 1 saturated carbocycles. The second-order valence-corrected chi connectivity index (χ2v) is 8.38. The van der Waals surface area contributed by atoms with Crippen LogP contribution in [-0.2, 0) is 13.0 Å². The maximum absolute atomic E-state index is 9.69. The first-order chi connectivity index (χ1) is 13.0. The molecule has 2 heterocycles. The van der Waals surface area contributed by atoms with Gasteiger partial charge in [0.2, 0.25) is 5.95 Å². The van der Waals surface area contributed by atoms with Gasteiger partial charge in [0.05, 0.1) is 18.3 Å². The lowest BCUT2D eigenvalue weighted by atomic mass is 9.95. The fraction of sp³-hybridized carbons (Fsp3) is 0.545. The number of aliphatic hydroxyl groups is 1. The van der Waals surface area contributed by atoms with Crippen molar-refractivity contribution in [1.82, 2.24) is 9.97 Å². The van der Waals surface area contributed by atoms with Gasteiger partial charge < -0.3 is 15.3 Å². The van der Waals surface area contributed by atoms with Crippen molar-refractivity contribution >= 4 is 11.8 Å². The van der Waals surface area contributed by atoms with Crippen LogP contribution >= 0.6 is 0 Å². The number of benzene rings is 1. The summed E-state index contributed by atoms with van der Waals surface area (Å²) in [5.41, 5.74) is 3.96. The van der Waals surface area contributed by atoms with Crippen molar-refractivity contribution in [2.24, 2.45) is 5.92 Å². The smallest absolute Gasteiger partial charge is 0.225 e. The molecule has 2 atom stereocenters. The fourth-order valence-electron chi connectivity index (χ4n) is 3.83. The number of aliphatic hydroxyl groups excluding tert-OH is 1. The van der Waals surface area contributed by atoms with Gasteiger partial charge in [0.25, 0.3) is 0 Å². The van der Waals surface area contributed by atoms with E-state index in [2.05, 4.69) is 61.3 Å². The van der Waals surface area contributed by atoms with Crippen LogP contribution in [0.15, 0.2) is 30.3 Å². The van der Waals surface area contributed by atoms with E-state index in [9.17, 15) is 5.11 Å². The molecule has 0 spiro atoms. The van der Waals surface area contributed by atoms with Gasteiger partial charge >= 0.3 is 0 Å². The monoisotopic (exact) mass is 366 g/mol. The van der Waals surface area contributed by atoms with Crippen molar-refractivity contribution in [3.63, 3.8) is 0 Å². The summed E-state index contributed by atoms with van der Waals surface area (Å²) < 4.78 is 0. The maximum Gasteiger partial charge on any atom is 0.225 e. The molecular weight excluding hydrogens is 336 g/mol. The topological polar surface area (TPSA) is 61.3 Å². The highest BCUT2D eigenvalue weighted by atomic mass is 16.3. The molecule has 2 aliphatic rings. The number of hydrogen-bond donors (Lipinski definition) is 2. The number of aromatic nitrogens is 2. The first kappa shape index (κ1) is 18.2. The number of hydrogen-bond acceptors (Lipinski definition) is 5. The lowest BCUT2D eigenvalue weighted by Crippen LogP contribution is -2.39. The van der Waals surface area contributed by atoms with E-state index in [4.69, 9.17) is 9.97 Å². The summed E-state index contributed by atoms with van der Waals surface area (Å²) in [5.74, 6) is 2.52. The van der Waals surface area contributed by atoms with Gasteiger partial charge in [-0.3, -0.25) is 0 Å². The molecule has 0 radical (unpaired) electrons. The molecule has 0 bridgehead atoms. The van der Waals surface area contributed by atoms with Gasteiger partial charge in [-0.15, -0.1) is 0 Å². The Bertz CT molecular complexity index is 803. The predicted octanol–water partition coefficient (Wildman–Crippen LogP) is 3.73. The van der Waals surface area contributed by atoms with Crippen LogP contribution in [0.1, 0.15) is 56.4 Å². The van der Waals surface area contributed by atoms with E-state index in [1.54, 1.807) is 0 Å². The minimum absolute atomic E-state index is 0.0354. The van der Waals surface area contributed by atoms with E-state index >= 15 is 0 Å². The SMILES string of the molecule is CC(C)[C@@H](CO)Nc1nc(C2CC2)cc(N2Cc3ccccc3C[C@H]2C)n1. The number of nitrogens with one attached hydrogen (secondary N) is 1. The highest BCUT2D eigenvalue weighted by molar-refractivity contribution is 5.50. The van der Waals surface area contributed by atoms with Crippen molar-refractivity contribution < 1.29 is 5.11 Å². The fourth-order valence-corrected chi connectivity index (χ4v) is 3.83. The van der Waals surface area contributed by atoms with Gasteiger partial charge in [0.1, 0.15) is 5.82 Å². The van der Waals surface area contributed by atoms with Gasteiger partial charge in [-0.1, -0.05) is 38.1 Å². The molecule has 1 fully saturated rings. The molecular formula is C22H30N4O. The third kappa shape index (κ3) is 3.93. The molecule has 2 N–H and O–H groups in total. The van der Waals surface area contributed by atoms with Crippen LogP contribution < -0.4 is 10.2 Å². The molecule has 0 amide bonds. The average Bonchev–Trinajstić information content (AvgIpc) is 3.50. The minimum Gasteiger partial charge on any atom is -0.394 e. The molecule has 5 nitrogen and oxygen atoms in total. The average molecular weight is 367 g/mol. The third-order valence-corrected chi connectivity index (χ3v) is 5.84. The summed E-state index contributed by atoms with van der Waals surface area (Å²) in [4.78, 5) is 12.0. The van der Waals surface area contributed by atoms with Gasteiger partial charge in [0.15, 0.2) is 0 Å². The number of anilines is 2. The molecule has 4 rings (SSSR count). The quantitative estimate of drug-likeness (QED) is 0.816. The standard InChI is InChI=1S/C22H30N4O/c1-14(2)20(13-27)24-22-23-19(16-8-9-16)11-21(25-22)26-12-18-7-5-4-6-17(18)10-15(26)3/h4-7,11,14-16,20,27H,8-10,12-13H2,1-3H3,(H,23,24,25)/t15-,20-/m1/s1. The molecule has 1 aromatic heterocycles. The van der Waals surface area contributed by atoms with E-state index in [-0.39, 0.29) is 12.6 Å². The zero-order valence-electron chi connectivity index (χ0n) is 16.5. The Labute approximate surface area is 161 Å². The van der Waals surface area contributed by atoms with Gasteiger partial charge in [-0.2, -0.15) is 4.98 Å². The minimum atomic E-state index is -0.0354. The van der Waals surface area contributed by atoms with Crippen molar-refractivity contribution in [3.8, 4) is 0 Å². The molecule has 0 unspecified atom stereocenters. The zero-order chi connectivity index (χ0) is 19.0. The van der Waals surface area contributed by atoms with Crippen LogP contribution in [0.25, 0.3) is 0 Å². The second-order valence-electron chi connectivity index (χ2n) is 8.38. The largest absolute Gasteiger partial charge is 0.394 e. The predicted molar refractivity (Wildman–Crippen MR) is 109 cm³/mol.